The third-order valence-corrected chi connectivity index (χ3v) is 3.02. The summed E-state index contributed by atoms with van der Waals surface area (Å²) in [7, 11) is 1.30. The van der Waals surface area contributed by atoms with E-state index in [4.69, 9.17) is 4.74 Å². The summed E-state index contributed by atoms with van der Waals surface area (Å²) in [6.07, 6.45) is 2.63. The zero-order valence-electron chi connectivity index (χ0n) is 10.0. The van der Waals surface area contributed by atoms with Gasteiger partial charge in [-0.1, -0.05) is 17.8 Å². The molecular formula is C10H15N3O3S. The van der Waals surface area contributed by atoms with Gasteiger partial charge in [0.2, 0.25) is 0 Å². The first-order chi connectivity index (χ1) is 8.03. The van der Waals surface area contributed by atoms with Crippen molar-refractivity contribution in [2.45, 2.75) is 32.2 Å². The van der Waals surface area contributed by atoms with Gasteiger partial charge in [0.25, 0.3) is 5.91 Å². The molecule has 1 aromatic rings. The van der Waals surface area contributed by atoms with Crippen LogP contribution in [0.5, 0.6) is 0 Å². The van der Waals surface area contributed by atoms with Crippen molar-refractivity contribution < 1.29 is 14.3 Å². The van der Waals surface area contributed by atoms with Crippen LogP contribution >= 0.6 is 11.5 Å². The van der Waals surface area contributed by atoms with Gasteiger partial charge in [-0.15, -0.1) is 5.10 Å². The topological polar surface area (TPSA) is 81.2 Å². The van der Waals surface area contributed by atoms with Crippen LogP contribution in [0.25, 0.3) is 0 Å². The number of nitrogens with one attached hydrogen (secondary N) is 1. The predicted octanol–water partition coefficient (Wildman–Crippen LogP) is 1.000. The Labute approximate surface area is 104 Å². The van der Waals surface area contributed by atoms with Gasteiger partial charge in [0.05, 0.1) is 13.3 Å². The number of rotatable bonds is 5. The zero-order chi connectivity index (χ0) is 12.9. The lowest BCUT2D eigenvalue weighted by molar-refractivity contribution is -0.147. The van der Waals surface area contributed by atoms with Crippen molar-refractivity contribution in [1.29, 1.82) is 0 Å². The molecule has 1 atom stereocenters. The minimum Gasteiger partial charge on any atom is -0.467 e. The lowest BCUT2D eigenvalue weighted by atomic mass is 9.96. The van der Waals surface area contributed by atoms with Gasteiger partial charge in [-0.25, -0.2) is 4.79 Å². The molecule has 94 valence electrons. The first-order valence-corrected chi connectivity index (χ1v) is 5.99. The second kappa shape index (κ2) is 5.72. The van der Waals surface area contributed by atoms with Crippen molar-refractivity contribution in [3.05, 3.63) is 11.1 Å². The lowest BCUT2D eigenvalue weighted by Gasteiger charge is -2.27. The predicted molar refractivity (Wildman–Crippen MR) is 62.7 cm³/mol. The van der Waals surface area contributed by atoms with E-state index in [1.165, 1.54) is 13.3 Å². The summed E-state index contributed by atoms with van der Waals surface area (Å²) >= 11 is 0.984. The van der Waals surface area contributed by atoms with Crippen LogP contribution in [0.15, 0.2) is 6.20 Å². The second-order valence-corrected chi connectivity index (χ2v) is 4.60. The number of carbonyl (C=O) groups is 2. The van der Waals surface area contributed by atoms with Crippen LogP contribution in [0.4, 0.5) is 0 Å². The average molecular weight is 257 g/mol. The van der Waals surface area contributed by atoms with Crippen molar-refractivity contribution in [3.8, 4) is 0 Å². The molecule has 0 spiro atoms. The highest BCUT2D eigenvalue weighted by Crippen LogP contribution is 2.16. The maximum atomic E-state index is 11.8. The Kier molecular flexibility index (Phi) is 4.56. The molecule has 0 saturated carbocycles. The summed E-state index contributed by atoms with van der Waals surface area (Å²) in [5, 5.41) is 6.24. The number of carbonyl (C=O) groups excluding carboxylic acids is 2. The van der Waals surface area contributed by atoms with Gasteiger partial charge in [0.15, 0.2) is 0 Å². The second-order valence-electron chi connectivity index (χ2n) is 3.81. The van der Waals surface area contributed by atoms with Gasteiger partial charge < -0.3 is 10.1 Å². The Morgan fingerprint density at radius 3 is 2.76 bits per heavy atom. The standard InChI is InChI=1S/C10H15N3O3S/c1-4-5-10(2,9(15)16-3)12-8(14)7-6-11-13-17-7/h6H,4-5H2,1-3H3,(H,12,14). The Morgan fingerprint density at radius 2 is 2.29 bits per heavy atom. The van der Waals surface area contributed by atoms with E-state index in [1.807, 2.05) is 6.92 Å². The monoisotopic (exact) mass is 257 g/mol. The summed E-state index contributed by atoms with van der Waals surface area (Å²) < 4.78 is 8.30. The van der Waals surface area contributed by atoms with Crippen molar-refractivity contribution in [2.75, 3.05) is 7.11 Å². The summed E-state index contributed by atoms with van der Waals surface area (Å²) in [4.78, 5) is 23.9. The number of aromatic nitrogens is 2. The Balaban J connectivity index is 2.80. The van der Waals surface area contributed by atoms with Gasteiger partial charge in [-0.3, -0.25) is 4.79 Å². The summed E-state index contributed by atoms with van der Waals surface area (Å²) in [6.45, 7) is 3.58. The lowest BCUT2D eigenvalue weighted by Crippen LogP contribution is -2.52. The van der Waals surface area contributed by atoms with E-state index in [-0.39, 0.29) is 5.91 Å². The van der Waals surface area contributed by atoms with Crippen molar-refractivity contribution in [1.82, 2.24) is 14.9 Å². The van der Waals surface area contributed by atoms with E-state index >= 15 is 0 Å². The van der Waals surface area contributed by atoms with E-state index in [0.29, 0.717) is 11.3 Å². The zero-order valence-corrected chi connectivity index (χ0v) is 10.8. The number of methoxy groups -OCH3 is 1. The molecule has 1 N–H and O–H groups in total. The molecule has 0 fully saturated rings. The molecule has 1 aromatic heterocycles. The van der Waals surface area contributed by atoms with Crippen LogP contribution in [-0.4, -0.2) is 34.1 Å². The van der Waals surface area contributed by atoms with Crippen LogP contribution in [0.1, 0.15) is 36.4 Å². The molecule has 1 unspecified atom stereocenters. The number of hydrogen-bond acceptors (Lipinski definition) is 6. The molecule has 0 bridgehead atoms. The number of nitrogens with zero attached hydrogens (tertiary/aromatic N) is 2. The highest BCUT2D eigenvalue weighted by molar-refractivity contribution is 7.07. The molecule has 0 radical (unpaired) electrons. The third kappa shape index (κ3) is 3.23. The third-order valence-electron chi connectivity index (χ3n) is 2.36. The highest BCUT2D eigenvalue weighted by Gasteiger charge is 2.35. The fourth-order valence-corrected chi connectivity index (χ4v) is 1.93. The molecule has 1 heterocycles. The molecule has 0 aliphatic heterocycles. The Morgan fingerprint density at radius 1 is 1.59 bits per heavy atom. The van der Waals surface area contributed by atoms with E-state index < -0.39 is 11.5 Å². The van der Waals surface area contributed by atoms with E-state index in [1.54, 1.807) is 6.92 Å². The van der Waals surface area contributed by atoms with Gasteiger partial charge in [-0.05, 0) is 24.9 Å². The average Bonchev–Trinajstić information content (AvgIpc) is 2.81. The van der Waals surface area contributed by atoms with Crippen molar-refractivity contribution >= 4 is 23.4 Å². The first-order valence-electron chi connectivity index (χ1n) is 5.21. The minimum absolute atomic E-state index is 0.360. The maximum absolute atomic E-state index is 11.8. The van der Waals surface area contributed by atoms with Crippen molar-refractivity contribution in [2.24, 2.45) is 0 Å². The van der Waals surface area contributed by atoms with E-state index in [2.05, 4.69) is 14.9 Å². The van der Waals surface area contributed by atoms with Crippen LogP contribution in [0.3, 0.4) is 0 Å². The summed E-state index contributed by atoms with van der Waals surface area (Å²) in [5.41, 5.74) is -1.01. The minimum atomic E-state index is -1.01. The number of esters is 1. The fourth-order valence-electron chi connectivity index (χ4n) is 1.52. The number of ether oxygens (including phenoxy) is 1. The molecule has 0 saturated heterocycles. The van der Waals surface area contributed by atoms with Gasteiger partial charge >= 0.3 is 5.97 Å². The fraction of sp³-hybridized carbons (Fsp3) is 0.600. The number of amides is 1. The molecular weight excluding hydrogens is 242 g/mol. The first kappa shape index (κ1) is 13.6. The smallest absolute Gasteiger partial charge is 0.331 e. The Bertz CT molecular complexity index is 394. The van der Waals surface area contributed by atoms with E-state index in [0.717, 1.165) is 18.0 Å². The normalized spacial score (nSPS) is 13.8. The maximum Gasteiger partial charge on any atom is 0.331 e. The van der Waals surface area contributed by atoms with Crippen LogP contribution < -0.4 is 5.32 Å². The quantitative estimate of drug-likeness (QED) is 0.796. The largest absolute Gasteiger partial charge is 0.467 e. The van der Waals surface area contributed by atoms with Crippen molar-refractivity contribution in [3.63, 3.8) is 0 Å². The number of hydrogen-bond donors (Lipinski definition) is 1. The highest BCUT2D eigenvalue weighted by atomic mass is 32.1. The van der Waals surface area contributed by atoms with Crippen LogP contribution in [0.2, 0.25) is 0 Å². The summed E-state index contributed by atoms with van der Waals surface area (Å²) in [6, 6.07) is 0. The van der Waals surface area contributed by atoms with Crippen LogP contribution in [0, 0.1) is 0 Å². The van der Waals surface area contributed by atoms with Crippen LogP contribution in [-0.2, 0) is 9.53 Å². The van der Waals surface area contributed by atoms with Gasteiger partial charge in [-0.2, -0.15) is 0 Å². The molecule has 6 nitrogen and oxygen atoms in total. The Hall–Kier alpha value is -1.50. The summed E-state index contributed by atoms with van der Waals surface area (Å²) in [5.74, 6) is -0.813. The molecule has 17 heavy (non-hydrogen) atoms. The molecule has 0 aromatic carbocycles. The molecule has 0 aliphatic carbocycles. The van der Waals surface area contributed by atoms with Gasteiger partial charge in [0, 0.05) is 0 Å². The van der Waals surface area contributed by atoms with E-state index in [9.17, 15) is 9.59 Å². The molecule has 0 aliphatic rings. The molecule has 7 heteroatoms. The SMILES string of the molecule is CCCC(C)(NC(=O)c1cnns1)C(=O)OC. The molecule has 1 amide bonds. The van der Waals surface area contributed by atoms with Gasteiger partial charge in [0.1, 0.15) is 10.4 Å². The molecule has 1 rings (SSSR count).